The van der Waals surface area contributed by atoms with Crippen molar-refractivity contribution >= 4 is 21.6 Å². The summed E-state index contributed by atoms with van der Waals surface area (Å²) in [6.45, 7) is 1.98. The van der Waals surface area contributed by atoms with Crippen LogP contribution in [0.1, 0.15) is 11.1 Å². The van der Waals surface area contributed by atoms with Crippen molar-refractivity contribution in [3.05, 3.63) is 58.6 Å². The Morgan fingerprint density at radius 1 is 1.20 bits per heavy atom. The van der Waals surface area contributed by atoms with Crippen LogP contribution < -0.4 is 9.88 Å². The van der Waals surface area contributed by atoms with Gasteiger partial charge in [0, 0.05) is 10.6 Å². The molecule has 0 spiro atoms. The molecule has 20 heavy (non-hydrogen) atoms. The normalized spacial score (nSPS) is 11.3. The third-order valence-electron chi connectivity index (χ3n) is 2.81. The predicted molar refractivity (Wildman–Crippen MR) is 78.3 cm³/mol. The third kappa shape index (κ3) is 3.50. The van der Waals surface area contributed by atoms with E-state index in [0.29, 0.717) is 22.9 Å². The van der Waals surface area contributed by atoms with E-state index < -0.39 is 10.0 Å². The first-order valence-corrected chi connectivity index (χ1v) is 7.80. The highest BCUT2D eigenvalue weighted by Gasteiger charge is 2.12. The fourth-order valence-corrected chi connectivity index (χ4v) is 2.76. The maximum Gasteiger partial charge on any atom is 0.238 e. The van der Waals surface area contributed by atoms with E-state index in [1.165, 1.54) is 6.07 Å². The molecule has 0 saturated carbocycles. The zero-order valence-corrected chi connectivity index (χ0v) is 12.4. The summed E-state index contributed by atoms with van der Waals surface area (Å²) in [5.74, 6) is 0.565. The summed E-state index contributed by atoms with van der Waals surface area (Å²) in [5.41, 5.74) is 1.41. The summed E-state index contributed by atoms with van der Waals surface area (Å²) in [5, 5.41) is 5.74. The van der Waals surface area contributed by atoms with E-state index in [-0.39, 0.29) is 4.90 Å². The van der Waals surface area contributed by atoms with E-state index >= 15 is 0 Å². The van der Waals surface area contributed by atoms with Gasteiger partial charge in [-0.1, -0.05) is 29.8 Å². The lowest BCUT2D eigenvalue weighted by molar-refractivity contribution is 0.306. The molecule has 0 heterocycles. The van der Waals surface area contributed by atoms with Crippen molar-refractivity contribution in [2.45, 2.75) is 18.4 Å². The van der Waals surface area contributed by atoms with E-state index in [1.807, 2.05) is 18.2 Å². The van der Waals surface area contributed by atoms with Gasteiger partial charge < -0.3 is 4.74 Å². The molecule has 2 N–H and O–H groups in total. The minimum absolute atomic E-state index is 0.0996. The number of aryl methyl sites for hydroxylation is 1. The molecule has 0 aliphatic heterocycles. The van der Waals surface area contributed by atoms with Crippen molar-refractivity contribution < 1.29 is 13.2 Å². The Kier molecular flexibility index (Phi) is 4.32. The van der Waals surface area contributed by atoms with E-state index in [9.17, 15) is 8.42 Å². The predicted octanol–water partition coefficient (Wildman–Crippen LogP) is 2.87. The molecule has 0 atom stereocenters. The molecule has 0 aliphatic rings. The minimum Gasteiger partial charge on any atom is -0.489 e. The maximum atomic E-state index is 11.3. The van der Waals surface area contributed by atoms with Gasteiger partial charge >= 0.3 is 0 Å². The van der Waals surface area contributed by atoms with E-state index in [2.05, 4.69) is 0 Å². The van der Waals surface area contributed by atoms with Crippen LogP contribution in [0.25, 0.3) is 0 Å². The second kappa shape index (κ2) is 5.83. The lowest BCUT2D eigenvalue weighted by Gasteiger charge is -2.10. The van der Waals surface area contributed by atoms with Gasteiger partial charge in [-0.2, -0.15) is 0 Å². The molecule has 2 aromatic carbocycles. The highest BCUT2D eigenvalue weighted by molar-refractivity contribution is 7.89. The topological polar surface area (TPSA) is 69.4 Å². The molecule has 106 valence electrons. The Morgan fingerprint density at radius 2 is 1.90 bits per heavy atom. The van der Waals surface area contributed by atoms with E-state index in [1.54, 1.807) is 25.1 Å². The second-order valence-corrected chi connectivity index (χ2v) is 6.29. The minimum atomic E-state index is -3.70. The molecule has 0 bridgehead atoms. The summed E-state index contributed by atoms with van der Waals surface area (Å²) in [7, 11) is -3.70. The van der Waals surface area contributed by atoms with Crippen LogP contribution in [-0.4, -0.2) is 8.42 Å². The molecule has 0 saturated heterocycles. The van der Waals surface area contributed by atoms with Gasteiger partial charge in [-0.3, -0.25) is 0 Å². The Balaban J connectivity index is 2.16. The van der Waals surface area contributed by atoms with Crippen LogP contribution in [0.2, 0.25) is 5.02 Å². The summed E-state index contributed by atoms with van der Waals surface area (Å²) in [6.07, 6.45) is 0. The van der Waals surface area contributed by atoms with Crippen LogP contribution in [0.3, 0.4) is 0 Å². The lowest BCUT2D eigenvalue weighted by Crippen LogP contribution is -2.13. The molecular formula is C14H14ClNO3S. The van der Waals surface area contributed by atoms with Crippen molar-refractivity contribution in [2.24, 2.45) is 5.14 Å². The van der Waals surface area contributed by atoms with Gasteiger partial charge in [0.15, 0.2) is 0 Å². The van der Waals surface area contributed by atoms with Crippen LogP contribution in [0.4, 0.5) is 0 Å². The number of halogens is 1. The third-order valence-corrected chi connectivity index (χ3v) is 4.24. The molecule has 0 fully saturated rings. The highest BCUT2D eigenvalue weighted by Crippen LogP contribution is 2.22. The first-order valence-electron chi connectivity index (χ1n) is 5.87. The lowest BCUT2D eigenvalue weighted by atomic mass is 10.2. The number of hydrogen-bond acceptors (Lipinski definition) is 3. The second-order valence-electron chi connectivity index (χ2n) is 4.35. The molecule has 0 unspecified atom stereocenters. The van der Waals surface area contributed by atoms with Gasteiger partial charge in [0.2, 0.25) is 10.0 Å². The fraction of sp³-hybridized carbons (Fsp3) is 0.143. The first kappa shape index (κ1) is 14.8. The monoisotopic (exact) mass is 311 g/mol. The van der Waals surface area contributed by atoms with E-state index in [4.69, 9.17) is 21.5 Å². The molecule has 0 radical (unpaired) electrons. The largest absolute Gasteiger partial charge is 0.489 e. The molecule has 2 aromatic rings. The first-order chi connectivity index (χ1) is 9.38. The number of benzene rings is 2. The average Bonchev–Trinajstić information content (AvgIpc) is 2.36. The van der Waals surface area contributed by atoms with Crippen molar-refractivity contribution in [3.63, 3.8) is 0 Å². The van der Waals surface area contributed by atoms with Crippen LogP contribution in [0.15, 0.2) is 47.4 Å². The molecule has 4 nitrogen and oxygen atoms in total. The number of rotatable bonds is 4. The van der Waals surface area contributed by atoms with Crippen LogP contribution >= 0.6 is 11.6 Å². The molecule has 0 aliphatic carbocycles. The quantitative estimate of drug-likeness (QED) is 0.944. The van der Waals surface area contributed by atoms with Crippen LogP contribution in [0, 0.1) is 6.92 Å². The Morgan fingerprint density at radius 3 is 2.50 bits per heavy atom. The van der Waals surface area contributed by atoms with Gasteiger partial charge in [0.05, 0.1) is 4.90 Å². The number of nitrogens with two attached hydrogens (primary N) is 1. The molecule has 2 rings (SSSR count). The van der Waals surface area contributed by atoms with Gasteiger partial charge in [-0.25, -0.2) is 13.6 Å². The van der Waals surface area contributed by atoms with Crippen molar-refractivity contribution in [1.29, 1.82) is 0 Å². The zero-order chi connectivity index (χ0) is 14.8. The molecule has 0 amide bonds. The molecule has 0 aromatic heterocycles. The van der Waals surface area contributed by atoms with Gasteiger partial charge in [-0.05, 0) is 36.8 Å². The van der Waals surface area contributed by atoms with Gasteiger partial charge in [0.1, 0.15) is 12.4 Å². The molecular weight excluding hydrogens is 298 g/mol. The summed E-state index contributed by atoms with van der Waals surface area (Å²) >= 11 is 6.03. The van der Waals surface area contributed by atoms with Crippen molar-refractivity contribution in [1.82, 2.24) is 0 Å². The Bertz CT molecular complexity index is 729. The van der Waals surface area contributed by atoms with Gasteiger partial charge in [-0.15, -0.1) is 0 Å². The number of hydrogen-bond donors (Lipinski definition) is 1. The number of sulfonamides is 1. The number of ether oxygens (including phenoxy) is 1. The summed E-state index contributed by atoms with van der Waals surface area (Å²) in [6, 6.07) is 12.0. The SMILES string of the molecule is Cc1cc(OCc2ccccc2Cl)ccc1S(N)(=O)=O. The van der Waals surface area contributed by atoms with Gasteiger partial charge in [0.25, 0.3) is 0 Å². The molecule has 6 heteroatoms. The van der Waals surface area contributed by atoms with Crippen molar-refractivity contribution in [3.8, 4) is 5.75 Å². The fourth-order valence-electron chi connectivity index (χ4n) is 1.81. The van der Waals surface area contributed by atoms with Crippen molar-refractivity contribution in [2.75, 3.05) is 0 Å². The average molecular weight is 312 g/mol. The van der Waals surface area contributed by atoms with Crippen LogP contribution in [0.5, 0.6) is 5.75 Å². The maximum absolute atomic E-state index is 11.3. The Hall–Kier alpha value is -1.56. The number of primary sulfonamides is 1. The smallest absolute Gasteiger partial charge is 0.238 e. The summed E-state index contributed by atoms with van der Waals surface area (Å²) in [4.78, 5) is 0.0996. The zero-order valence-electron chi connectivity index (χ0n) is 10.8. The standard InChI is InChI=1S/C14H14ClNO3S/c1-10-8-12(6-7-14(10)20(16,17)18)19-9-11-4-2-3-5-13(11)15/h2-8H,9H2,1H3,(H2,16,17,18). The summed E-state index contributed by atoms with van der Waals surface area (Å²) < 4.78 is 28.2. The Labute approximate surface area is 123 Å². The van der Waals surface area contributed by atoms with Crippen LogP contribution in [-0.2, 0) is 16.6 Å². The highest BCUT2D eigenvalue weighted by atomic mass is 35.5. The van der Waals surface area contributed by atoms with E-state index in [0.717, 1.165) is 5.56 Å².